The Kier molecular flexibility index (Phi) is 5.47. The second-order valence-electron chi connectivity index (χ2n) is 7.41. The molecule has 8 nitrogen and oxygen atoms in total. The summed E-state index contributed by atoms with van der Waals surface area (Å²) in [6.45, 7) is 2.88. The van der Waals surface area contributed by atoms with Crippen molar-refractivity contribution in [1.82, 2.24) is 19.5 Å². The van der Waals surface area contributed by atoms with Gasteiger partial charge >= 0.3 is 0 Å². The minimum absolute atomic E-state index is 0.297. The van der Waals surface area contributed by atoms with Gasteiger partial charge in [0, 0.05) is 18.0 Å². The summed E-state index contributed by atoms with van der Waals surface area (Å²) < 4.78 is 26.7. The molecule has 1 N–H and O–H groups in total. The number of rotatable bonds is 5. The maximum absolute atomic E-state index is 13.5. The SMILES string of the molecule is COc1cc(Nc2ncc3c(n2)N(c2ccc(F)cc2Cl)CCO3)ccc1-n1cnc(C)c1. The van der Waals surface area contributed by atoms with Gasteiger partial charge in [-0.15, -0.1) is 0 Å². The van der Waals surface area contributed by atoms with Crippen molar-refractivity contribution in [1.29, 1.82) is 0 Å². The van der Waals surface area contributed by atoms with Gasteiger partial charge in [-0.2, -0.15) is 4.98 Å². The van der Waals surface area contributed by atoms with E-state index < -0.39 is 5.82 Å². The van der Waals surface area contributed by atoms with Crippen LogP contribution in [0.1, 0.15) is 5.69 Å². The second kappa shape index (κ2) is 8.59. The largest absolute Gasteiger partial charge is 0.494 e. The Labute approximate surface area is 194 Å². The van der Waals surface area contributed by atoms with Crippen molar-refractivity contribution < 1.29 is 13.9 Å². The number of methoxy groups -OCH3 is 1. The standard InChI is InChI=1S/C23H20ClFN6O2/c1-14-12-30(13-27-14)19-6-4-16(10-20(19)32-2)28-23-26-11-21-22(29-23)31(7-8-33-21)18-5-3-15(25)9-17(18)24/h3-6,9-13H,7-8H2,1-2H3,(H,26,28,29). The van der Waals surface area contributed by atoms with Crippen LogP contribution < -0.4 is 19.7 Å². The van der Waals surface area contributed by atoms with E-state index in [0.29, 0.717) is 47.1 Å². The minimum atomic E-state index is -0.398. The third kappa shape index (κ3) is 4.14. The lowest BCUT2D eigenvalue weighted by atomic mass is 10.2. The zero-order valence-electron chi connectivity index (χ0n) is 17.9. The third-order valence-corrected chi connectivity index (χ3v) is 5.49. The molecule has 1 aliphatic heterocycles. The van der Waals surface area contributed by atoms with Crippen LogP contribution >= 0.6 is 11.6 Å². The Morgan fingerprint density at radius 2 is 2.00 bits per heavy atom. The zero-order valence-corrected chi connectivity index (χ0v) is 18.7. The predicted molar refractivity (Wildman–Crippen MR) is 124 cm³/mol. The van der Waals surface area contributed by atoms with Crippen molar-refractivity contribution in [3.63, 3.8) is 0 Å². The fourth-order valence-corrected chi connectivity index (χ4v) is 3.92. The van der Waals surface area contributed by atoms with Crippen LogP contribution in [0.2, 0.25) is 5.02 Å². The van der Waals surface area contributed by atoms with Gasteiger partial charge in [-0.05, 0) is 37.3 Å². The Morgan fingerprint density at radius 3 is 2.76 bits per heavy atom. The van der Waals surface area contributed by atoms with E-state index in [9.17, 15) is 4.39 Å². The van der Waals surface area contributed by atoms with E-state index in [0.717, 1.165) is 17.1 Å². The van der Waals surface area contributed by atoms with Crippen LogP contribution in [0.25, 0.3) is 5.69 Å². The van der Waals surface area contributed by atoms with Gasteiger partial charge in [0.25, 0.3) is 0 Å². The quantitative estimate of drug-likeness (QED) is 0.441. The first kappa shape index (κ1) is 21.0. The number of ether oxygens (including phenoxy) is 2. The van der Waals surface area contributed by atoms with Crippen molar-refractivity contribution >= 4 is 34.7 Å². The van der Waals surface area contributed by atoms with Gasteiger partial charge in [0.05, 0.1) is 48.3 Å². The Hall–Kier alpha value is -3.85. The summed E-state index contributed by atoms with van der Waals surface area (Å²) in [5.41, 5.74) is 3.17. The molecule has 33 heavy (non-hydrogen) atoms. The average molecular weight is 467 g/mol. The highest BCUT2D eigenvalue weighted by Gasteiger charge is 2.24. The lowest BCUT2D eigenvalue weighted by Gasteiger charge is -2.30. The Bertz CT molecular complexity index is 1330. The van der Waals surface area contributed by atoms with Crippen LogP contribution in [-0.2, 0) is 0 Å². The zero-order chi connectivity index (χ0) is 22.9. The highest BCUT2D eigenvalue weighted by atomic mass is 35.5. The molecular weight excluding hydrogens is 447 g/mol. The molecule has 0 amide bonds. The topological polar surface area (TPSA) is 77.3 Å². The monoisotopic (exact) mass is 466 g/mol. The molecule has 2 aromatic carbocycles. The number of imidazole rings is 1. The molecular formula is C23H20ClFN6O2. The van der Waals surface area contributed by atoms with Crippen LogP contribution in [0.15, 0.2) is 55.1 Å². The summed E-state index contributed by atoms with van der Waals surface area (Å²) in [7, 11) is 1.61. The average Bonchev–Trinajstić information content (AvgIpc) is 3.25. The van der Waals surface area contributed by atoms with Crippen molar-refractivity contribution in [2.75, 3.05) is 30.5 Å². The molecule has 4 aromatic rings. The van der Waals surface area contributed by atoms with E-state index >= 15 is 0 Å². The molecule has 0 spiro atoms. The summed E-state index contributed by atoms with van der Waals surface area (Å²) in [5.74, 6) is 1.71. The van der Waals surface area contributed by atoms with Gasteiger partial charge < -0.3 is 24.3 Å². The number of anilines is 4. The number of hydrogen-bond acceptors (Lipinski definition) is 7. The van der Waals surface area contributed by atoms with Gasteiger partial charge in [0.2, 0.25) is 5.95 Å². The minimum Gasteiger partial charge on any atom is -0.494 e. The summed E-state index contributed by atoms with van der Waals surface area (Å²) >= 11 is 6.30. The Balaban J connectivity index is 1.46. The first-order valence-corrected chi connectivity index (χ1v) is 10.6. The summed E-state index contributed by atoms with van der Waals surface area (Å²) in [6.07, 6.45) is 5.27. The molecule has 3 heterocycles. The maximum atomic E-state index is 13.5. The number of nitrogens with one attached hydrogen (secondary N) is 1. The van der Waals surface area contributed by atoms with Crippen molar-refractivity contribution in [2.45, 2.75) is 6.92 Å². The van der Waals surface area contributed by atoms with Crippen LogP contribution in [0.3, 0.4) is 0 Å². The lowest BCUT2D eigenvalue weighted by molar-refractivity contribution is 0.310. The fourth-order valence-electron chi connectivity index (χ4n) is 3.66. The van der Waals surface area contributed by atoms with Crippen molar-refractivity contribution in [3.8, 4) is 17.2 Å². The smallest absolute Gasteiger partial charge is 0.229 e. The normalized spacial score (nSPS) is 12.8. The van der Waals surface area contributed by atoms with E-state index in [-0.39, 0.29) is 0 Å². The van der Waals surface area contributed by atoms with E-state index in [1.165, 1.54) is 12.1 Å². The predicted octanol–water partition coefficient (Wildman–Crippen LogP) is 5.05. The summed E-state index contributed by atoms with van der Waals surface area (Å²) in [6, 6.07) is 9.96. The van der Waals surface area contributed by atoms with E-state index in [2.05, 4.69) is 20.3 Å². The summed E-state index contributed by atoms with van der Waals surface area (Å²) in [5, 5.41) is 3.50. The lowest BCUT2D eigenvalue weighted by Crippen LogP contribution is -2.30. The maximum Gasteiger partial charge on any atom is 0.229 e. The van der Waals surface area contributed by atoms with E-state index in [4.69, 9.17) is 21.1 Å². The highest BCUT2D eigenvalue weighted by Crippen LogP contribution is 2.39. The molecule has 0 radical (unpaired) electrons. The van der Waals surface area contributed by atoms with Gasteiger partial charge in [0.1, 0.15) is 18.2 Å². The number of fused-ring (bicyclic) bond motifs is 1. The third-order valence-electron chi connectivity index (χ3n) is 5.19. The second-order valence-corrected chi connectivity index (χ2v) is 7.82. The van der Waals surface area contributed by atoms with Crippen molar-refractivity contribution in [2.24, 2.45) is 0 Å². The molecule has 168 valence electrons. The number of aromatic nitrogens is 4. The molecule has 0 fully saturated rings. The van der Waals surface area contributed by atoms with Gasteiger partial charge in [-0.1, -0.05) is 11.6 Å². The first-order valence-electron chi connectivity index (χ1n) is 10.2. The molecule has 0 aliphatic carbocycles. The first-order chi connectivity index (χ1) is 16.0. The van der Waals surface area contributed by atoms with Crippen LogP contribution in [0.5, 0.6) is 11.5 Å². The molecule has 5 rings (SSSR count). The number of halogens is 2. The van der Waals surface area contributed by atoms with Crippen LogP contribution in [0, 0.1) is 12.7 Å². The number of nitrogens with zero attached hydrogens (tertiary/aromatic N) is 5. The molecule has 0 bridgehead atoms. The highest BCUT2D eigenvalue weighted by molar-refractivity contribution is 6.33. The van der Waals surface area contributed by atoms with Crippen LogP contribution in [0.4, 0.5) is 27.5 Å². The van der Waals surface area contributed by atoms with E-state index in [1.807, 2.05) is 40.8 Å². The van der Waals surface area contributed by atoms with Crippen LogP contribution in [-0.4, -0.2) is 39.8 Å². The van der Waals surface area contributed by atoms with Gasteiger partial charge in [-0.3, -0.25) is 0 Å². The molecule has 10 heteroatoms. The molecule has 0 unspecified atom stereocenters. The van der Waals surface area contributed by atoms with Gasteiger partial charge in [-0.25, -0.2) is 14.4 Å². The molecule has 0 saturated heterocycles. The number of benzene rings is 2. The Morgan fingerprint density at radius 1 is 1.15 bits per heavy atom. The molecule has 0 saturated carbocycles. The number of hydrogen-bond donors (Lipinski definition) is 1. The molecule has 1 aliphatic rings. The fraction of sp³-hybridized carbons (Fsp3) is 0.174. The molecule has 0 atom stereocenters. The number of aryl methyl sites for hydroxylation is 1. The summed E-state index contributed by atoms with van der Waals surface area (Å²) in [4.78, 5) is 15.2. The van der Waals surface area contributed by atoms with Crippen molar-refractivity contribution in [3.05, 3.63) is 71.7 Å². The molecule has 2 aromatic heterocycles. The van der Waals surface area contributed by atoms with Gasteiger partial charge in [0.15, 0.2) is 11.6 Å². The van der Waals surface area contributed by atoms with E-state index in [1.54, 1.807) is 25.7 Å².